The minimum atomic E-state index is -0.245. The average molecular weight is 345 g/mol. The molecule has 0 saturated carbocycles. The molecule has 2 aliphatic rings. The van der Waals surface area contributed by atoms with Gasteiger partial charge < -0.3 is 15.0 Å². The average Bonchev–Trinajstić information content (AvgIpc) is 2.64. The van der Waals surface area contributed by atoms with Gasteiger partial charge in [-0.2, -0.15) is 0 Å². The van der Waals surface area contributed by atoms with E-state index in [2.05, 4.69) is 28.1 Å². The zero-order valence-electron chi connectivity index (χ0n) is 15.5. The molecular weight excluding hydrogens is 314 g/mol. The van der Waals surface area contributed by atoms with Crippen LogP contribution in [0.5, 0.6) is 5.75 Å². The number of carbonyl (C=O) groups excluding carboxylic acids is 1. The van der Waals surface area contributed by atoms with Crippen LogP contribution >= 0.6 is 0 Å². The highest BCUT2D eigenvalue weighted by atomic mass is 16.5. The van der Waals surface area contributed by atoms with Gasteiger partial charge in [0.15, 0.2) is 0 Å². The highest BCUT2D eigenvalue weighted by Crippen LogP contribution is 2.32. The summed E-state index contributed by atoms with van der Waals surface area (Å²) in [7, 11) is 0. The molecule has 25 heavy (non-hydrogen) atoms. The van der Waals surface area contributed by atoms with Gasteiger partial charge in [0.05, 0.1) is 6.61 Å². The zero-order chi connectivity index (χ0) is 17.6. The first-order chi connectivity index (χ1) is 12.2. The number of rotatable bonds is 5. The van der Waals surface area contributed by atoms with Crippen LogP contribution in [0.2, 0.25) is 0 Å². The van der Waals surface area contributed by atoms with Gasteiger partial charge in [-0.05, 0) is 39.2 Å². The van der Waals surface area contributed by atoms with Crippen LogP contribution in [0.25, 0.3) is 0 Å². The summed E-state index contributed by atoms with van der Waals surface area (Å²) in [6, 6.07) is 8.19. The molecule has 2 unspecified atom stereocenters. The Hall–Kier alpha value is -1.59. The standard InChI is InChI=1S/C20H31N3O2/c1-3-25-18-10-6-5-9-17(18)19(23-14-11-21-16(2)15-23)20(24)22-12-7-4-8-13-22/h5-6,9-10,16,19,21H,3-4,7-8,11-15H2,1-2H3. The molecular formula is C20H31N3O2. The number of hydrogen-bond donors (Lipinski definition) is 1. The van der Waals surface area contributed by atoms with Crippen LogP contribution in [0.3, 0.4) is 0 Å². The van der Waals surface area contributed by atoms with Gasteiger partial charge in [-0.1, -0.05) is 18.2 Å². The molecule has 1 amide bonds. The van der Waals surface area contributed by atoms with Crippen molar-refractivity contribution in [1.82, 2.24) is 15.1 Å². The fourth-order valence-electron chi connectivity index (χ4n) is 3.96. The van der Waals surface area contributed by atoms with E-state index in [1.54, 1.807) is 0 Å². The summed E-state index contributed by atoms with van der Waals surface area (Å²) in [5, 5.41) is 3.48. The van der Waals surface area contributed by atoms with Crippen LogP contribution in [0, 0.1) is 0 Å². The van der Waals surface area contributed by atoms with E-state index >= 15 is 0 Å². The van der Waals surface area contributed by atoms with Crippen LogP contribution in [-0.2, 0) is 4.79 Å². The molecule has 2 fully saturated rings. The first-order valence-corrected chi connectivity index (χ1v) is 9.68. The molecule has 2 heterocycles. The minimum Gasteiger partial charge on any atom is -0.494 e. The van der Waals surface area contributed by atoms with Gasteiger partial charge in [0, 0.05) is 44.3 Å². The minimum absolute atomic E-state index is 0.237. The molecule has 0 spiro atoms. The third-order valence-corrected chi connectivity index (χ3v) is 5.18. The van der Waals surface area contributed by atoms with Crippen molar-refractivity contribution in [2.45, 2.75) is 45.2 Å². The molecule has 2 aliphatic heterocycles. The zero-order valence-corrected chi connectivity index (χ0v) is 15.5. The van der Waals surface area contributed by atoms with Crippen LogP contribution in [0.15, 0.2) is 24.3 Å². The van der Waals surface area contributed by atoms with E-state index in [-0.39, 0.29) is 11.9 Å². The number of ether oxygens (including phenoxy) is 1. The number of carbonyl (C=O) groups is 1. The lowest BCUT2D eigenvalue weighted by Crippen LogP contribution is -2.54. The highest BCUT2D eigenvalue weighted by Gasteiger charge is 2.35. The third kappa shape index (κ3) is 4.33. The summed E-state index contributed by atoms with van der Waals surface area (Å²) < 4.78 is 5.86. The van der Waals surface area contributed by atoms with E-state index in [9.17, 15) is 4.79 Å². The van der Waals surface area contributed by atoms with Crippen molar-refractivity contribution in [2.75, 3.05) is 39.3 Å². The predicted molar refractivity (Wildman–Crippen MR) is 99.8 cm³/mol. The number of likely N-dealkylation sites (tertiary alicyclic amines) is 1. The van der Waals surface area contributed by atoms with E-state index < -0.39 is 0 Å². The summed E-state index contributed by atoms with van der Waals surface area (Å²) in [5.41, 5.74) is 1.01. The van der Waals surface area contributed by atoms with Gasteiger partial charge in [0.2, 0.25) is 5.91 Å². The maximum atomic E-state index is 13.5. The Bertz CT molecular complexity index is 572. The molecule has 0 bridgehead atoms. The second-order valence-electron chi connectivity index (χ2n) is 7.11. The van der Waals surface area contributed by atoms with Gasteiger partial charge in [0.25, 0.3) is 0 Å². The predicted octanol–water partition coefficient (Wildman–Crippen LogP) is 2.43. The Morgan fingerprint density at radius 2 is 2.00 bits per heavy atom. The number of amides is 1. The van der Waals surface area contributed by atoms with Crippen molar-refractivity contribution < 1.29 is 9.53 Å². The highest BCUT2D eigenvalue weighted by molar-refractivity contribution is 5.84. The number of para-hydroxylation sites is 1. The molecule has 1 aromatic rings. The monoisotopic (exact) mass is 345 g/mol. The van der Waals surface area contributed by atoms with Gasteiger partial charge in [0.1, 0.15) is 11.8 Å². The van der Waals surface area contributed by atoms with Gasteiger partial charge in [-0.25, -0.2) is 0 Å². The quantitative estimate of drug-likeness (QED) is 0.890. The maximum Gasteiger partial charge on any atom is 0.244 e. The van der Waals surface area contributed by atoms with Crippen LogP contribution < -0.4 is 10.1 Å². The van der Waals surface area contributed by atoms with Crippen molar-refractivity contribution in [3.8, 4) is 5.75 Å². The second kappa shape index (κ2) is 8.68. The largest absolute Gasteiger partial charge is 0.494 e. The van der Waals surface area contributed by atoms with Gasteiger partial charge >= 0.3 is 0 Å². The third-order valence-electron chi connectivity index (χ3n) is 5.18. The Labute approximate surface area is 151 Å². The molecule has 0 aromatic heterocycles. The molecule has 5 nitrogen and oxygen atoms in total. The topological polar surface area (TPSA) is 44.8 Å². The summed E-state index contributed by atoms with van der Waals surface area (Å²) in [6.07, 6.45) is 3.46. The van der Waals surface area contributed by atoms with Gasteiger partial charge in [-0.3, -0.25) is 9.69 Å². The van der Waals surface area contributed by atoms with Crippen molar-refractivity contribution in [1.29, 1.82) is 0 Å². The molecule has 1 N–H and O–H groups in total. The Balaban J connectivity index is 1.92. The first kappa shape index (κ1) is 18.2. The van der Waals surface area contributed by atoms with E-state index in [1.165, 1.54) is 6.42 Å². The van der Waals surface area contributed by atoms with Crippen molar-refractivity contribution in [3.63, 3.8) is 0 Å². The SMILES string of the molecule is CCOc1ccccc1C(C(=O)N1CCCCC1)N1CCNC(C)C1. The number of hydrogen-bond acceptors (Lipinski definition) is 4. The molecule has 1 aromatic carbocycles. The second-order valence-corrected chi connectivity index (χ2v) is 7.11. The van der Waals surface area contributed by atoms with E-state index in [4.69, 9.17) is 4.74 Å². The smallest absolute Gasteiger partial charge is 0.244 e. The number of piperazine rings is 1. The van der Waals surface area contributed by atoms with Crippen LogP contribution in [0.1, 0.15) is 44.7 Å². The molecule has 3 rings (SSSR count). The molecule has 138 valence electrons. The normalized spacial score (nSPS) is 23.3. The summed E-state index contributed by atoms with van der Waals surface area (Å²) >= 11 is 0. The maximum absolute atomic E-state index is 13.5. The lowest BCUT2D eigenvalue weighted by atomic mass is 9.99. The van der Waals surface area contributed by atoms with Gasteiger partial charge in [-0.15, -0.1) is 0 Å². The number of nitrogens with one attached hydrogen (secondary N) is 1. The Morgan fingerprint density at radius 3 is 2.72 bits per heavy atom. The summed E-state index contributed by atoms with van der Waals surface area (Å²) in [6.45, 7) is 9.23. The first-order valence-electron chi connectivity index (χ1n) is 9.68. The molecule has 0 aliphatic carbocycles. The summed E-state index contributed by atoms with van der Waals surface area (Å²) in [5.74, 6) is 1.08. The lowest BCUT2D eigenvalue weighted by Gasteiger charge is -2.40. The van der Waals surface area contributed by atoms with Crippen LogP contribution in [-0.4, -0.2) is 61.1 Å². The molecule has 2 saturated heterocycles. The van der Waals surface area contributed by atoms with E-state index in [0.717, 1.165) is 56.9 Å². The van der Waals surface area contributed by atoms with Crippen molar-refractivity contribution in [3.05, 3.63) is 29.8 Å². The molecule has 0 radical (unpaired) electrons. The van der Waals surface area contributed by atoms with E-state index in [1.807, 2.05) is 25.1 Å². The van der Waals surface area contributed by atoms with Crippen LogP contribution in [0.4, 0.5) is 0 Å². The van der Waals surface area contributed by atoms with Crippen molar-refractivity contribution in [2.24, 2.45) is 0 Å². The molecule has 5 heteroatoms. The Morgan fingerprint density at radius 1 is 1.24 bits per heavy atom. The number of benzene rings is 1. The fraction of sp³-hybridized carbons (Fsp3) is 0.650. The number of piperidine rings is 1. The Kier molecular flexibility index (Phi) is 6.32. The number of nitrogens with zero attached hydrogens (tertiary/aromatic N) is 2. The van der Waals surface area contributed by atoms with E-state index in [0.29, 0.717) is 12.6 Å². The lowest BCUT2D eigenvalue weighted by molar-refractivity contribution is -0.138. The summed E-state index contributed by atoms with van der Waals surface area (Å²) in [4.78, 5) is 17.9. The van der Waals surface area contributed by atoms with Crippen molar-refractivity contribution >= 4 is 5.91 Å². The molecule has 2 atom stereocenters. The fourth-order valence-corrected chi connectivity index (χ4v) is 3.96.